The third-order valence-electron chi connectivity index (χ3n) is 3.75. The van der Waals surface area contributed by atoms with E-state index < -0.39 is 17.4 Å². The van der Waals surface area contributed by atoms with E-state index in [9.17, 15) is 23.7 Å². The minimum absolute atomic E-state index is 0.0162. The maximum Gasteiger partial charge on any atom is 0.387 e. The third-order valence-corrected chi connectivity index (χ3v) is 3.75. The van der Waals surface area contributed by atoms with E-state index in [1.807, 2.05) is 0 Å². The van der Waals surface area contributed by atoms with Crippen molar-refractivity contribution < 1.29 is 32.4 Å². The Bertz CT molecular complexity index is 1050. The molecule has 0 bridgehead atoms. The number of nitrogens with zero attached hydrogens (tertiary/aromatic N) is 3. The highest BCUT2D eigenvalue weighted by molar-refractivity contribution is 6.02. The standard InChI is InChI=1S/C18H16F2N4O6/c1-2-28-16-7-11(3-5-14(16)30-18(19)20)22-17(25)15-6-4-13(29-15)10-23-9-12(8-21-23)24(26)27/h3-9,18H,2,10H2,1H3,(H,22,25). The Labute approximate surface area is 168 Å². The fourth-order valence-corrected chi connectivity index (χ4v) is 2.52. The lowest BCUT2D eigenvalue weighted by Crippen LogP contribution is -2.11. The van der Waals surface area contributed by atoms with E-state index in [4.69, 9.17) is 9.15 Å². The second-order valence-electron chi connectivity index (χ2n) is 5.85. The van der Waals surface area contributed by atoms with Crippen LogP contribution in [0.25, 0.3) is 0 Å². The van der Waals surface area contributed by atoms with E-state index in [0.717, 1.165) is 6.20 Å². The van der Waals surface area contributed by atoms with Gasteiger partial charge in [0.1, 0.15) is 18.2 Å². The highest BCUT2D eigenvalue weighted by atomic mass is 19.3. The van der Waals surface area contributed by atoms with Crippen LogP contribution in [0.5, 0.6) is 11.5 Å². The topological polar surface area (TPSA) is 122 Å². The van der Waals surface area contributed by atoms with Crippen LogP contribution >= 0.6 is 0 Å². The molecule has 12 heteroatoms. The molecule has 10 nitrogen and oxygen atoms in total. The van der Waals surface area contributed by atoms with Crippen LogP contribution in [0, 0.1) is 10.1 Å². The fourth-order valence-electron chi connectivity index (χ4n) is 2.52. The largest absolute Gasteiger partial charge is 0.490 e. The summed E-state index contributed by atoms with van der Waals surface area (Å²) in [5.74, 6) is -0.349. The number of halogens is 2. The van der Waals surface area contributed by atoms with E-state index in [-0.39, 0.29) is 41.8 Å². The maximum atomic E-state index is 12.5. The highest BCUT2D eigenvalue weighted by Gasteiger charge is 2.16. The minimum atomic E-state index is -3.01. The van der Waals surface area contributed by atoms with Gasteiger partial charge in [-0.05, 0) is 31.2 Å². The van der Waals surface area contributed by atoms with Crippen LogP contribution in [0.3, 0.4) is 0 Å². The number of aromatic nitrogens is 2. The molecule has 158 valence electrons. The van der Waals surface area contributed by atoms with Crippen molar-refractivity contribution in [1.29, 1.82) is 0 Å². The zero-order valence-corrected chi connectivity index (χ0v) is 15.6. The van der Waals surface area contributed by atoms with Gasteiger partial charge in [-0.15, -0.1) is 0 Å². The average Bonchev–Trinajstić information content (AvgIpc) is 3.34. The molecule has 0 unspecified atom stereocenters. The molecule has 2 heterocycles. The van der Waals surface area contributed by atoms with Gasteiger partial charge in [0.2, 0.25) is 0 Å². The average molecular weight is 422 g/mol. The lowest BCUT2D eigenvalue weighted by atomic mass is 10.2. The zero-order valence-electron chi connectivity index (χ0n) is 15.6. The summed E-state index contributed by atoms with van der Waals surface area (Å²) in [7, 11) is 0. The van der Waals surface area contributed by atoms with E-state index >= 15 is 0 Å². The van der Waals surface area contributed by atoms with Crippen LogP contribution in [0.1, 0.15) is 23.2 Å². The molecule has 2 aromatic heterocycles. The molecular weight excluding hydrogens is 406 g/mol. The number of anilines is 1. The number of nitro groups is 1. The SMILES string of the molecule is CCOc1cc(NC(=O)c2ccc(Cn3cc([N+](=O)[O-])cn3)o2)ccc1OC(F)F. The number of hydrogen-bond donors (Lipinski definition) is 1. The van der Waals surface area contributed by atoms with Gasteiger partial charge >= 0.3 is 12.3 Å². The molecule has 1 N–H and O–H groups in total. The van der Waals surface area contributed by atoms with E-state index in [1.54, 1.807) is 6.92 Å². The first kappa shape index (κ1) is 20.8. The zero-order chi connectivity index (χ0) is 21.7. The summed E-state index contributed by atoms with van der Waals surface area (Å²) in [6.07, 6.45) is 2.34. The number of benzene rings is 1. The van der Waals surface area contributed by atoms with Gasteiger partial charge in [-0.2, -0.15) is 13.9 Å². The van der Waals surface area contributed by atoms with Crippen LogP contribution < -0.4 is 14.8 Å². The van der Waals surface area contributed by atoms with E-state index in [2.05, 4.69) is 15.2 Å². The summed E-state index contributed by atoms with van der Waals surface area (Å²) in [5, 5.41) is 17.1. The molecule has 0 fully saturated rings. The normalized spacial score (nSPS) is 10.8. The Morgan fingerprint density at radius 1 is 1.33 bits per heavy atom. The molecule has 0 aliphatic rings. The number of alkyl halides is 2. The monoisotopic (exact) mass is 422 g/mol. The summed E-state index contributed by atoms with van der Waals surface area (Å²) in [6.45, 7) is -1.03. The second kappa shape index (κ2) is 9.03. The Morgan fingerprint density at radius 2 is 2.13 bits per heavy atom. The molecule has 1 amide bonds. The Balaban J connectivity index is 1.68. The minimum Gasteiger partial charge on any atom is -0.490 e. The number of furan rings is 1. The number of carbonyl (C=O) groups excluding carboxylic acids is 1. The summed E-state index contributed by atoms with van der Waals surface area (Å²) >= 11 is 0. The molecule has 0 saturated carbocycles. The lowest BCUT2D eigenvalue weighted by Gasteiger charge is -2.13. The van der Waals surface area contributed by atoms with E-state index in [0.29, 0.717) is 5.76 Å². The Morgan fingerprint density at radius 3 is 2.80 bits per heavy atom. The number of ether oxygens (including phenoxy) is 2. The lowest BCUT2D eigenvalue weighted by molar-refractivity contribution is -0.385. The number of amides is 1. The van der Waals surface area contributed by atoms with Crippen molar-refractivity contribution >= 4 is 17.3 Å². The molecule has 3 aromatic rings. The molecule has 3 rings (SSSR count). The van der Waals surface area contributed by atoms with Gasteiger partial charge in [0, 0.05) is 11.8 Å². The molecule has 0 saturated heterocycles. The van der Waals surface area contributed by atoms with Gasteiger partial charge < -0.3 is 19.2 Å². The molecule has 0 aliphatic heterocycles. The summed E-state index contributed by atoms with van der Waals surface area (Å²) < 4.78 is 41.3. The van der Waals surface area contributed by atoms with Crippen LogP contribution in [-0.2, 0) is 6.54 Å². The first-order valence-corrected chi connectivity index (χ1v) is 8.64. The van der Waals surface area contributed by atoms with Gasteiger partial charge in [-0.1, -0.05) is 0 Å². The van der Waals surface area contributed by atoms with Crippen molar-refractivity contribution in [2.24, 2.45) is 0 Å². The molecule has 0 radical (unpaired) electrons. The first-order chi connectivity index (χ1) is 14.4. The summed E-state index contributed by atoms with van der Waals surface area (Å²) in [5.41, 5.74) is 0.120. The van der Waals surface area contributed by atoms with Gasteiger partial charge in [-0.25, -0.2) is 0 Å². The molecule has 1 aromatic carbocycles. The molecule has 0 atom stereocenters. The van der Waals surface area contributed by atoms with Gasteiger partial charge in [-0.3, -0.25) is 19.6 Å². The molecule has 0 spiro atoms. The predicted molar refractivity (Wildman–Crippen MR) is 98.9 cm³/mol. The molecule has 30 heavy (non-hydrogen) atoms. The van der Waals surface area contributed by atoms with Crippen molar-refractivity contribution in [2.75, 3.05) is 11.9 Å². The smallest absolute Gasteiger partial charge is 0.387 e. The number of rotatable bonds is 9. The number of nitrogens with one attached hydrogen (secondary N) is 1. The number of carbonyl (C=O) groups is 1. The van der Waals surface area contributed by atoms with Crippen LogP contribution in [-0.4, -0.2) is 33.8 Å². The fraction of sp³-hybridized carbons (Fsp3) is 0.222. The highest BCUT2D eigenvalue weighted by Crippen LogP contribution is 2.32. The van der Waals surface area contributed by atoms with Gasteiger partial charge in [0.05, 0.1) is 18.1 Å². The third kappa shape index (κ3) is 5.10. The van der Waals surface area contributed by atoms with Crippen molar-refractivity contribution in [3.05, 3.63) is 64.4 Å². The van der Waals surface area contributed by atoms with Crippen LogP contribution in [0.2, 0.25) is 0 Å². The number of hydrogen-bond acceptors (Lipinski definition) is 7. The quantitative estimate of drug-likeness (QED) is 0.412. The predicted octanol–water partition coefficient (Wildman–Crippen LogP) is 3.69. The second-order valence-corrected chi connectivity index (χ2v) is 5.85. The molecular formula is C18H16F2N4O6. The summed E-state index contributed by atoms with van der Waals surface area (Å²) in [4.78, 5) is 22.5. The first-order valence-electron chi connectivity index (χ1n) is 8.64. The van der Waals surface area contributed by atoms with E-state index in [1.165, 1.54) is 41.2 Å². The van der Waals surface area contributed by atoms with Crippen molar-refractivity contribution in [3.8, 4) is 11.5 Å². The Kier molecular flexibility index (Phi) is 6.25. The van der Waals surface area contributed by atoms with Crippen molar-refractivity contribution in [2.45, 2.75) is 20.1 Å². The van der Waals surface area contributed by atoms with Crippen molar-refractivity contribution in [3.63, 3.8) is 0 Å². The van der Waals surface area contributed by atoms with Crippen molar-refractivity contribution in [1.82, 2.24) is 9.78 Å². The molecule has 0 aliphatic carbocycles. The van der Waals surface area contributed by atoms with Crippen LogP contribution in [0.4, 0.5) is 20.2 Å². The maximum absolute atomic E-state index is 12.5. The van der Waals surface area contributed by atoms with Crippen LogP contribution in [0.15, 0.2) is 47.1 Å². The summed E-state index contributed by atoms with van der Waals surface area (Å²) in [6, 6.07) is 6.95. The van der Waals surface area contributed by atoms with Gasteiger partial charge in [0.15, 0.2) is 17.3 Å². The Hall–Kier alpha value is -3.96. The van der Waals surface area contributed by atoms with Gasteiger partial charge in [0.25, 0.3) is 5.91 Å².